The van der Waals surface area contributed by atoms with Crippen LogP contribution in [0.5, 0.6) is 0 Å². The van der Waals surface area contributed by atoms with Crippen molar-refractivity contribution in [3.8, 4) is 0 Å². The molecule has 90 valence electrons. The van der Waals surface area contributed by atoms with Crippen molar-refractivity contribution in [1.82, 2.24) is 10.2 Å². The Morgan fingerprint density at radius 1 is 1.24 bits per heavy atom. The van der Waals surface area contributed by atoms with Gasteiger partial charge in [-0.15, -0.1) is 0 Å². The van der Waals surface area contributed by atoms with Crippen LogP contribution in [0.2, 0.25) is 0 Å². The van der Waals surface area contributed by atoms with Crippen LogP contribution in [0.15, 0.2) is 30.5 Å². The molecule has 17 heavy (non-hydrogen) atoms. The number of aromatic nitrogens is 2. The number of rotatable bonds is 2. The van der Waals surface area contributed by atoms with Crippen LogP contribution in [0, 0.1) is 5.41 Å². The maximum Gasteiger partial charge on any atom is 0.0932 e. The van der Waals surface area contributed by atoms with E-state index in [2.05, 4.69) is 37.0 Å². The predicted octanol–water partition coefficient (Wildman–Crippen LogP) is 2.55. The third-order valence-electron chi connectivity index (χ3n) is 3.18. The van der Waals surface area contributed by atoms with Crippen LogP contribution in [-0.4, -0.2) is 16.2 Å². The van der Waals surface area contributed by atoms with Gasteiger partial charge < -0.3 is 5.73 Å². The van der Waals surface area contributed by atoms with E-state index in [4.69, 9.17) is 5.73 Å². The largest absolute Gasteiger partial charge is 0.327 e. The Morgan fingerprint density at radius 2 is 1.94 bits per heavy atom. The summed E-state index contributed by atoms with van der Waals surface area (Å²) in [7, 11) is 0. The van der Waals surface area contributed by atoms with Gasteiger partial charge in [-0.2, -0.15) is 10.2 Å². The molecule has 0 aliphatic carbocycles. The minimum absolute atomic E-state index is 0.102. The SMILES string of the molecule is CC(C)(C)C(N)Cc1cnnc2ccccc12. The Kier molecular flexibility index (Phi) is 3.11. The first-order valence-electron chi connectivity index (χ1n) is 5.93. The highest BCUT2D eigenvalue weighted by Gasteiger charge is 2.21. The molecule has 3 nitrogen and oxygen atoms in total. The summed E-state index contributed by atoms with van der Waals surface area (Å²) in [5.41, 5.74) is 8.44. The topological polar surface area (TPSA) is 51.8 Å². The number of nitrogens with zero attached hydrogens (tertiary/aromatic N) is 2. The Balaban J connectivity index is 2.36. The van der Waals surface area contributed by atoms with Crippen LogP contribution in [0.3, 0.4) is 0 Å². The maximum absolute atomic E-state index is 6.23. The molecule has 1 aromatic carbocycles. The molecule has 0 amide bonds. The van der Waals surface area contributed by atoms with Gasteiger partial charge in [-0.05, 0) is 23.5 Å². The second kappa shape index (κ2) is 4.41. The Bertz CT molecular complexity index is 509. The molecule has 0 radical (unpaired) electrons. The Morgan fingerprint density at radius 3 is 2.65 bits per heavy atom. The Hall–Kier alpha value is -1.48. The minimum atomic E-state index is 0.102. The van der Waals surface area contributed by atoms with Gasteiger partial charge in [-0.25, -0.2) is 0 Å². The molecule has 0 fully saturated rings. The zero-order valence-corrected chi connectivity index (χ0v) is 10.6. The summed E-state index contributed by atoms with van der Waals surface area (Å²) < 4.78 is 0. The van der Waals surface area contributed by atoms with E-state index >= 15 is 0 Å². The molecule has 0 aliphatic heterocycles. The second-order valence-electron chi connectivity index (χ2n) is 5.56. The number of nitrogens with two attached hydrogens (primary N) is 1. The first-order chi connectivity index (χ1) is 7.98. The van der Waals surface area contributed by atoms with Crippen molar-refractivity contribution in [3.63, 3.8) is 0 Å². The zero-order chi connectivity index (χ0) is 12.5. The molecule has 1 aromatic heterocycles. The van der Waals surface area contributed by atoms with Crippen molar-refractivity contribution in [2.45, 2.75) is 33.2 Å². The molecular formula is C14H19N3. The van der Waals surface area contributed by atoms with Gasteiger partial charge in [0.05, 0.1) is 11.7 Å². The van der Waals surface area contributed by atoms with Gasteiger partial charge in [0.15, 0.2) is 0 Å². The Labute approximate surface area is 102 Å². The fraction of sp³-hybridized carbons (Fsp3) is 0.429. The van der Waals surface area contributed by atoms with Crippen molar-refractivity contribution in [3.05, 3.63) is 36.0 Å². The molecule has 2 aromatic rings. The van der Waals surface area contributed by atoms with Gasteiger partial charge in [0.25, 0.3) is 0 Å². The first kappa shape index (κ1) is 12.0. The summed E-state index contributed by atoms with van der Waals surface area (Å²) in [5, 5.41) is 9.32. The van der Waals surface area contributed by atoms with Crippen LogP contribution in [-0.2, 0) is 6.42 Å². The average molecular weight is 229 g/mol. The summed E-state index contributed by atoms with van der Waals surface area (Å²) in [6.45, 7) is 6.48. The average Bonchev–Trinajstić information content (AvgIpc) is 2.28. The molecule has 0 aliphatic rings. The van der Waals surface area contributed by atoms with Crippen molar-refractivity contribution in [1.29, 1.82) is 0 Å². The quantitative estimate of drug-likeness (QED) is 0.861. The van der Waals surface area contributed by atoms with Gasteiger partial charge in [0.2, 0.25) is 0 Å². The summed E-state index contributed by atoms with van der Waals surface area (Å²) in [6, 6.07) is 8.18. The summed E-state index contributed by atoms with van der Waals surface area (Å²) in [4.78, 5) is 0. The molecular weight excluding hydrogens is 210 g/mol. The van der Waals surface area contributed by atoms with E-state index in [0.29, 0.717) is 0 Å². The highest BCUT2D eigenvalue weighted by atomic mass is 15.1. The number of hydrogen-bond acceptors (Lipinski definition) is 3. The van der Waals surface area contributed by atoms with Crippen molar-refractivity contribution < 1.29 is 0 Å². The third kappa shape index (κ3) is 2.61. The lowest BCUT2D eigenvalue weighted by Gasteiger charge is -2.27. The number of benzene rings is 1. The summed E-state index contributed by atoms with van der Waals surface area (Å²) in [6.07, 6.45) is 2.66. The molecule has 2 rings (SSSR count). The zero-order valence-electron chi connectivity index (χ0n) is 10.6. The molecule has 3 heteroatoms. The predicted molar refractivity (Wildman–Crippen MR) is 70.7 cm³/mol. The van der Waals surface area contributed by atoms with E-state index in [9.17, 15) is 0 Å². The number of fused-ring (bicyclic) bond motifs is 1. The molecule has 0 bridgehead atoms. The van der Waals surface area contributed by atoms with Gasteiger partial charge in [0, 0.05) is 11.4 Å². The fourth-order valence-electron chi connectivity index (χ4n) is 1.77. The second-order valence-corrected chi connectivity index (χ2v) is 5.56. The molecule has 2 N–H and O–H groups in total. The molecule has 1 unspecified atom stereocenters. The molecule has 1 atom stereocenters. The normalized spacial score (nSPS) is 13.9. The van der Waals surface area contributed by atoms with Gasteiger partial charge in [-0.3, -0.25) is 0 Å². The van der Waals surface area contributed by atoms with Crippen LogP contribution in [0.1, 0.15) is 26.3 Å². The van der Waals surface area contributed by atoms with Crippen LogP contribution in [0.25, 0.3) is 10.9 Å². The molecule has 0 saturated carbocycles. The van der Waals surface area contributed by atoms with Gasteiger partial charge >= 0.3 is 0 Å². The highest BCUT2D eigenvalue weighted by Crippen LogP contribution is 2.23. The standard InChI is InChI=1S/C14H19N3/c1-14(2,3)13(15)8-10-9-16-17-12-7-5-4-6-11(10)12/h4-7,9,13H,8,15H2,1-3H3. The van der Waals surface area contributed by atoms with Crippen molar-refractivity contribution >= 4 is 10.9 Å². The monoisotopic (exact) mass is 229 g/mol. The lowest BCUT2D eigenvalue weighted by molar-refractivity contribution is 0.319. The van der Waals surface area contributed by atoms with Crippen molar-refractivity contribution in [2.24, 2.45) is 11.1 Å². The van der Waals surface area contributed by atoms with Gasteiger partial charge in [0.1, 0.15) is 0 Å². The van der Waals surface area contributed by atoms with E-state index in [0.717, 1.165) is 17.3 Å². The summed E-state index contributed by atoms with van der Waals surface area (Å²) >= 11 is 0. The van der Waals surface area contributed by atoms with E-state index in [1.165, 1.54) is 5.56 Å². The van der Waals surface area contributed by atoms with E-state index < -0.39 is 0 Å². The molecule has 1 heterocycles. The van der Waals surface area contributed by atoms with E-state index in [1.807, 2.05) is 24.4 Å². The first-order valence-corrected chi connectivity index (χ1v) is 5.93. The lowest BCUT2D eigenvalue weighted by atomic mass is 9.83. The van der Waals surface area contributed by atoms with Crippen LogP contribution >= 0.6 is 0 Å². The lowest BCUT2D eigenvalue weighted by Crippen LogP contribution is -2.37. The fourth-order valence-corrected chi connectivity index (χ4v) is 1.77. The number of hydrogen-bond donors (Lipinski definition) is 1. The van der Waals surface area contributed by atoms with Crippen molar-refractivity contribution in [2.75, 3.05) is 0 Å². The smallest absolute Gasteiger partial charge is 0.0932 e. The highest BCUT2D eigenvalue weighted by molar-refractivity contribution is 5.81. The van der Waals surface area contributed by atoms with Crippen LogP contribution < -0.4 is 5.73 Å². The minimum Gasteiger partial charge on any atom is -0.327 e. The molecule has 0 spiro atoms. The van der Waals surface area contributed by atoms with E-state index in [-0.39, 0.29) is 11.5 Å². The maximum atomic E-state index is 6.23. The van der Waals surface area contributed by atoms with Crippen LogP contribution in [0.4, 0.5) is 0 Å². The molecule has 0 saturated heterocycles. The van der Waals surface area contributed by atoms with Gasteiger partial charge in [-0.1, -0.05) is 39.0 Å². The van der Waals surface area contributed by atoms with E-state index in [1.54, 1.807) is 0 Å². The summed E-state index contributed by atoms with van der Waals surface area (Å²) in [5.74, 6) is 0. The third-order valence-corrected chi connectivity index (χ3v) is 3.18.